The minimum atomic E-state index is -0.881. The van der Waals surface area contributed by atoms with Crippen molar-refractivity contribution in [3.05, 3.63) is 35.7 Å². The van der Waals surface area contributed by atoms with Gasteiger partial charge in [-0.25, -0.2) is 4.79 Å². The summed E-state index contributed by atoms with van der Waals surface area (Å²) in [7, 11) is 0. The van der Waals surface area contributed by atoms with Gasteiger partial charge in [0.25, 0.3) is 0 Å². The van der Waals surface area contributed by atoms with Crippen LogP contribution in [0.3, 0.4) is 0 Å². The Labute approximate surface area is 87.9 Å². The molecule has 0 saturated carbocycles. The van der Waals surface area contributed by atoms with Crippen molar-refractivity contribution >= 4 is 11.7 Å². The molecule has 1 N–H and O–H groups in total. The zero-order valence-corrected chi connectivity index (χ0v) is 8.47. The number of aromatic nitrogens is 1. The van der Waals surface area contributed by atoms with Crippen LogP contribution in [0.2, 0.25) is 0 Å². The third-order valence-corrected chi connectivity index (χ3v) is 2.41. The van der Waals surface area contributed by atoms with Crippen molar-refractivity contribution in [1.82, 2.24) is 9.88 Å². The van der Waals surface area contributed by atoms with Crippen molar-refractivity contribution < 1.29 is 9.90 Å². The predicted molar refractivity (Wildman–Crippen MR) is 56.5 cm³/mol. The first kappa shape index (κ1) is 9.71. The maximum atomic E-state index is 10.7. The Hall–Kier alpha value is -1.84. The normalized spacial score (nSPS) is 15.3. The third kappa shape index (κ3) is 1.98. The summed E-state index contributed by atoms with van der Waals surface area (Å²) in [5.74, 6) is 0. The Balaban J connectivity index is 2.17. The number of rotatable bonds is 1. The lowest BCUT2D eigenvalue weighted by Crippen LogP contribution is -2.26. The second kappa shape index (κ2) is 3.73. The van der Waals surface area contributed by atoms with Gasteiger partial charge in [-0.15, -0.1) is 0 Å². The van der Waals surface area contributed by atoms with Gasteiger partial charge in [-0.05, 0) is 24.6 Å². The highest BCUT2D eigenvalue weighted by Crippen LogP contribution is 2.19. The summed E-state index contributed by atoms with van der Waals surface area (Å²) in [5, 5.41) is 8.80. The topological polar surface area (TPSA) is 53.4 Å². The Bertz CT molecular complexity index is 426. The third-order valence-electron chi connectivity index (χ3n) is 2.41. The van der Waals surface area contributed by atoms with Crippen molar-refractivity contribution in [2.75, 3.05) is 13.1 Å². The van der Waals surface area contributed by atoms with E-state index >= 15 is 0 Å². The molecule has 0 radical (unpaired) electrons. The largest absolute Gasteiger partial charge is 0.465 e. The highest BCUT2D eigenvalue weighted by molar-refractivity contribution is 5.75. The summed E-state index contributed by atoms with van der Waals surface area (Å²) in [6, 6.07) is 5.76. The molecule has 1 amide bonds. The SMILES string of the molecule is Cc1cccc(C2=CCN(C(=O)O)C2)n1. The molecule has 78 valence electrons. The lowest BCUT2D eigenvalue weighted by atomic mass is 10.2. The van der Waals surface area contributed by atoms with Crippen LogP contribution in [0.1, 0.15) is 11.4 Å². The maximum absolute atomic E-state index is 10.7. The number of aryl methyl sites for hydroxylation is 1. The molecule has 0 bridgehead atoms. The van der Waals surface area contributed by atoms with Crippen LogP contribution < -0.4 is 0 Å². The molecule has 4 heteroatoms. The van der Waals surface area contributed by atoms with E-state index < -0.39 is 6.09 Å². The Morgan fingerprint density at radius 1 is 1.53 bits per heavy atom. The van der Waals surface area contributed by atoms with Crippen LogP contribution >= 0.6 is 0 Å². The van der Waals surface area contributed by atoms with Crippen LogP contribution in [-0.4, -0.2) is 34.2 Å². The van der Waals surface area contributed by atoms with Gasteiger partial charge in [0.15, 0.2) is 0 Å². The first-order valence-corrected chi connectivity index (χ1v) is 4.78. The molecule has 0 fully saturated rings. The first-order valence-electron chi connectivity index (χ1n) is 4.78. The van der Waals surface area contributed by atoms with E-state index in [1.165, 1.54) is 4.90 Å². The number of pyridine rings is 1. The molecule has 0 unspecified atom stereocenters. The molecule has 1 aromatic heterocycles. The van der Waals surface area contributed by atoms with Crippen LogP contribution in [0, 0.1) is 6.92 Å². The second-order valence-corrected chi connectivity index (χ2v) is 3.56. The standard InChI is InChI=1S/C11H12N2O2/c1-8-3-2-4-10(12-8)9-5-6-13(7-9)11(14)15/h2-5H,6-7H2,1H3,(H,14,15). The predicted octanol–water partition coefficient (Wildman–Crippen LogP) is 1.77. The molecule has 2 heterocycles. The molecular weight excluding hydrogens is 192 g/mol. The molecular formula is C11H12N2O2. The highest BCUT2D eigenvalue weighted by Gasteiger charge is 2.19. The van der Waals surface area contributed by atoms with Gasteiger partial charge in [-0.1, -0.05) is 12.1 Å². The molecule has 15 heavy (non-hydrogen) atoms. The minimum Gasteiger partial charge on any atom is -0.465 e. The van der Waals surface area contributed by atoms with E-state index in [0.717, 1.165) is 17.0 Å². The van der Waals surface area contributed by atoms with E-state index in [1.54, 1.807) is 0 Å². The average molecular weight is 204 g/mol. The van der Waals surface area contributed by atoms with Crippen LogP contribution in [-0.2, 0) is 0 Å². The molecule has 0 aliphatic carbocycles. The van der Waals surface area contributed by atoms with Gasteiger partial charge in [0, 0.05) is 12.2 Å². The lowest BCUT2D eigenvalue weighted by molar-refractivity contribution is 0.158. The highest BCUT2D eigenvalue weighted by atomic mass is 16.4. The molecule has 0 saturated heterocycles. The van der Waals surface area contributed by atoms with Crippen molar-refractivity contribution in [3.63, 3.8) is 0 Å². The fraction of sp³-hybridized carbons (Fsp3) is 0.273. The molecule has 0 aromatic carbocycles. The quantitative estimate of drug-likeness (QED) is 0.758. The summed E-state index contributed by atoms with van der Waals surface area (Å²) in [6.45, 7) is 2.82. The van der Waals surface area contributed by atoms with Crippen LogP contribution in [0.4, 0.5) is 4.79 Å². The molecule has 2 rings (SSSR count). The van der Waals surface area contributed by atoms with E-state index in [2.05, 4.69) is 4.98 Å². The Kier molecular flexibility index (Phi) is 2.41. The number of nitrogens with zero attached hydrogens (tertiary/aromatic N) is 2. The van der Waals surface area contributed by atoms with E-state index in [9.17, 15) is 4.79 Å². The number of hydrogen-bond acceptors (Lipinski definition) is 2. The van der Waals surface area contributed by atoms with Crippen molar-refractivity contribution in [2.45, 2.75) is 6.92 Å². The summed E-state index contributed by atoms with van der Waals surface area (Å²) in [5.41, 5.74) is 2.81. The monoisotopic (exact) mass is 204 g/mol. The first-order chi connectivity index (χ1) is 7.16. The van der Waals surface area contributed by atoms with E-state index in [4.69, 9.17) is 5.11 Å². The molecule has 1 aliphatic rings. The van der Waals surface area contributed by atoms with Crippen LogP contribution in [0.25, 0.3) is 5.57 Å². The van der Waals surface area contributed by atoms with Gasteiger partial charge in [0.2, 0.25) is 0 Å². The van der Waals surface area contributed by atoms with Gasteiger partial charge < -0.3 is 10.0 Å². The summed E-state index contributed by atoms with van der Waals surface area (Å²) < 4.78 is 0. The fourth-order valence-corrected chi connectivity index (χ4v) is 1.61. The van der Waals surface area contributed by atoms with Crippen molar-refractivity contribution in [3.8, 4) is 0 Å². The Morgan fingerprint density at radius 2 is 2.33 bits per heavy atom. The molecule has 1 aromatic rings. The van der Waals surface area contributed by atoms with Gasteiger partial charge in [0.05, 0.1) is 12.2 Å². The minimum absolute atomic E-state index is 0.436. The number of carbonyl (C=O) groups is 1. The summed E-state index contributed by atoms with van der Waals surface area (Å²) in [6.07, 6.45) is 1.03. The number of hydrogen-bond donors (Lipinski definition) is 1. The van der Waals surface area contributed by atoms with Crippen LogP contribution in [0.5, 0.6) is 0 Å². The number of amides is 1. The smallest absolute Gasteiger partial charge is 0.407 e. The van der Waals surface area contributed by atoms with Crippen LogP contribution in [0.15, 0.2) is 24.3 Å². The van der Waals surface area contributed by atoms with E-state index in [1.807, 2.05) is 31.2 Å². The Morgan fingerprint density at radius 3 is 2.93 bits per heavy atom. The van der Waals surface area contributed by atoms with Crippen molar-refractivity contribution in [2.24, 2.45) is 0 Å². The van der Waals surface area contributed by atoms with Gasteiger partial charge in [-0.3, -0.25) is 4.98 Å². The summed E-state index contributed by atoms with van der Waals surface area (Å²) in [4.78, 5) is 16.4. The fourth-order valence-electron chi connectivity index (χ4n) is 1.61. The molecule has 0 spiro atoms. The van der Waals surface area contributed by atoms with E-state index in [0.29, 0.717) is 13.1 Å². The maximum Gasteiger partial charge on any atom is 0.407 e. The number of carboxylic acid groups (broad SMARTS) is 1. The van der Waals surface area contributed by atoms with Gasteiger partial charge in [-0.2, -0.15) is 0 Å². The van der Waals surface area contributed by atoms with Gasteiger partial charge in [0.1, 0.15) is 0 Å². The van der Waals surface area contributed by atoms with Crippen molar-refractivity contribution in [1.29, 1.82) is 0 Å². The summed E-state index contributed by atoms with van der Waals surface area (Å²) >= 11 is 0. The zero-order valence-electron chi connectivity index (χ0n) is 8.47. The molecule has 1 aliphatic heterocycles. The zero-order chi connectivity index (χ0) is 10.8. The van der Waals surface area contributed by atoms with Gasteiger partial charge >= 0.3 is 6.09 Å². The second-order valence-electron chi connectivity index (χ2n) is 3.56. The molecule has 0 atom stereocenters. The lowest BCUT2D eigenvalue weighted by Gasteiger charge is -2.11. The molecule has 4 nitrogen and oxygen atoms in total. The van der Waals surface area contributed by atoms with E-state index in [-0.39, 0.29) is 0 Å². The average Bonchev–Trinajstić information content (AvgIpc) is 2.66.